The second-order valence-corrected chi connectivity index (χ2v) is 4.30. The Morgan fingerprint density at radius 2 is 1.77 bits per heavy atom. The Morgan fingerprint density at radius 3 is 2.23 bits per heavy atom. The Balaban J connectivity index is 3.17. The van der Waals surface area contributed by atoms with E-state index in [2.05, 4.69) is 0 Å². The molecule has 1 aromatic carbocycles. The molecule has 0 bridgehead atoms. The minimum Gasteiger partial charge on any atom is -0.219 e. The Hall–Kier alpha value is -1.16. The molecule has 1 aromatic rings. The standard InChI is InChI=1S/C9H9FO2S/c1-2-7-13(11,12)9-5-3-8(10)4-6-9/h2-7H,1H3. The third kappa shape index (κ3) is 2.39. The van der Waals surface area contributed by atoms with E-state index < -0.39 is 15.7 Å². The molecule has 0 heterocycles. The fourth-order valence-electron chi connectivity index (χ4n) is 0.882. The number of sulfone groups is 1. The van der Waals surface area contributed by atoms with Crippen molar-refractivity contribution in [2.45, 2.75) is 11.8 Å². The molecule has 0 radical (unpaired) electrons. The van der Waals surface area contributed by atoms with Crippen LogP contribution in [0.15, 0.2) is 40.6 Å². The topological polar surface area (TPSA) is 34.1 Å². The minimum atomic E-state index is -3.37. The smallest absolute Gasteiger partial charge is 0.199 e. The normalized spacial score (nSPS) is 12.2. The van der Waals surface area contributed by atoms with Gasteiger partial charge in [0.25, 0.3) is 0 Å². The van der Waals surface area contributed by atoms with Gasteiger partial charge in [0.1, 0.15) is 5.82 Å². The maximum absolute atomic E-state index is 12.4. The van der Waals surface area contributed by atoms with E-state index >= 15 is 0 Å². The Kier molecular flexibility index (Phi) is 2.83. The molecule has 0 atom stereocenters. The minimum absolute atomic E-state index is 0.104. The molecule has 0 fully saturated rings. The molecule has 0 aromatic heterocycles. The predicted octanol–water partition coefficient (Wildman–Crippen LogP) is 2.13. The van der Waals surface area contributed by atoms with Gasteiger partial charge in [-0.05, 0) is 31.2 Å². The first kappa shape index (κ1) is 9.92. The van der Waals surface area contributed by atoms with Gasteiger partial charge < -0.3 is 0 Å². The summed E-state index contributed by atoms with van der Waals surface area (Å²) >= 11 is 0. The zero-order valence-corrected chi connectivity index (χ0v) is 7.88. The summed E-state index contributed by atoms with van der Waals surface area (Å²) in [4.78, 5) is 0.104. The van der Waals surface area contributed by atoms with Crippen LogP contribution in [-0.4, -0.2) is 8.42 Å². The molecule has 4 heteroatoms. The molecule has 0 saturated heterocycles. The average molecular weight is 200 g/mol. The summed E-state index contributed by atoms with van der Waals surface area (Å²) in [5, 5.41) is 1.08. The quantitative estimate of drug-likeness (QED) is 0.685. The summed E-state index contributed by atoms with van der Waals surface area (Å²) in [6, 6.07) is 4.72. The van der Waals surface area contributed by atoms with Gasteiger partial charge in [0, 0.05) is 5.41 Å². The van der Waals surface area contributed by atoms with Gasteiger partial charge in [0.05, 0.1) is 4.90 Å². The molecule has 0 aliphatic heterocycles. The number of halogens is 1. The third-order valence-corrected chi connectivity index (χ3v) is 3.02. The lowest BCUT2D eigenvalue weighted by Gasteiger charge is -1.97. The molecule has 70 valence electrons. The zero-order valence-electron chi connectivity index (χ0n) is 7.07. The second kappa shape index (κ2) is 3.70. The van der Waals surface area contributed by atoms with Gasteiger partial charge in [0.2, 0.25) is 0 Å². The van der Waals surface area contributed by atoms with E-state index in [-0.39, 0.29) is 4.90 Å². The molecule has 0 aliphatic carbocycles. The number of benzene rings is 1. The lowest BCUT2D eigenvalue weighted by molar-refractivity contribution is 0.603. The largest absolute Gasteiger partial charge is 0.219 e. The monoisotopic (exact) mass is 200 g/mol. The Morgan fingerprint density at radius 1 is 1.23 bits per heavy atom. The second-order valence-electron chi connectivity index (χ2n) is 2.47. The Labute approximate surface area is 76.6 Å². The van der Waals surface area contributed by atoms with Crippen LogP contribution in [0.4, 0.5) is 4.39 Å². The Bertz CT molecular complexity index is 404. The fourth-order valence-corrected chi connectivity index (χ4v) is 1.91. The first-order chi connectivity index (χ1) is 6.06. The van der Waals surface area contributed by atoms with Crippen LogP contribution in [-0.2, 0) is 9.84 Å². The van der Waals surface area contributed by atoms with Gasteiger partial charge in [0.15, 0.2) is 9.84 Å². The number of allylic oxidation sites excluding steroid dienone is 1. The summed E-state index contributed by atoms with van der Waals surface area (Å²) in [6.07, 6.45) is 1.43. The highest BCUT2D eigenvalue weighted by molar-refractivity contribution is 7.94. The summed E-state index contributed by atoms with van der Waals surface area (Å²) in [5.41, 5.74) is 0. The van der Waals surface area contributed by atoms with Crippen LogP contribution in [0.5, 0.6) is 0 Å². The summed E-state index contributed by atoms with van der Waals surface area (Å²) < 4.78 is 35.1. The lowest BCUT2D eigenvalue weighted by atomic mass is 10.4. The highest BCUT2D eigenvalue weighted by Gasteiger charge is 2.08. The summed E-state index contributed by atoms with van der Waals surface area (Å²) in [7, 11) is -3.37. The molecule has 1 rings (SSSR count). The van der Waals surface area contributed by atoms with E-state index in [0.29, 0.717) is 0 Å². The zero-order chi connectivity index (χ0) is 9.90. The SMILES string of the molecule is CC=CS(=O)(=O)c1ccc(F)cc1. The van der Waals surface area contributed by atoms with Crippen LogP contribution in [0, 0.1) is 5.82 Å². The van der Waals surface area contributed by atoms with Crippen molar-refractivity contribution in [1.29, 1.82) is 0 Å². The molecule has 0 unspecified atom stereocenters. The first-order valence-corrected chi connectivity index (χ1v) is 5.24. The van der Waals surface area contributed by atoms with Gasteiger partial charge in [-0.15, -0.1) is 0 Å². The van der Waals surface area contributed by atoms with Crippen molar-refractivity contribution >= 4 is 9.84 Å². The highest BCUT2D eigenvalue weighted by atomic mass is 32.2. The summed E-state index contributed by atoms with van der Waals surface area (Å²) in [6.45, 7) is 1.61. The van der Waals surface area contributed by atoms with E-state index in [1.165, 1.54) is 18.2 Å². The molecule has 0 saturated carbocycles. The van der Waals surface area contributed by atoms with E-state index in [0.717, 1.165) is 17.5 Å². The molecule has 0 spiro atoms. The lowest BCUT2D eigenvalue weighted by Crippen LogP contribution is -1.95. The summed E-state index contributed by atoms with van der Waals surface area (Å²) in [5.74, 6) is -0.445. The van der Waals surface area contributed by atoms with Crippen LogP contribution >= 0.6 is 0 Å². The van der Waals surface area contributed by atoms with E-state index in [9.17, 15) is 12.8 Å². The first-order valence-electron chi connectivity index (χ1n) is 3.69. The van der Waals surface area contributed by atoms with Gasteiger partial charge in [-0.25, -0.2) is 12.8 Å². The average Bonchev–Trinajstić information content (AvgIpc) is 2.05. The maximum atomic E-state index is 12.4. The van der Waals surface area contributed by atoms with Crippen molar-refractivity contribution in [2.24, 2.45) is 0 Å². The number of rotatable bonds is 2. The molecule has 0 aliphatic rings. The van der Waals surface area contributed by atoms with Crippen molar-refractivity contribution in [2.75, 3.05) is 0 Å². The van der Waals surface area contributed by atoms with Crippen molar-refractivity contribution in [3.63, 3.8) is 0 Å². The van der Waals surface area contributed by atoms with Crippen LogP contribution < -0.4 is 0 Å². The van der Waals surface area contributed by atoms with E-state index in [1.54, 1.807) is 6.92 Å². The van der Waals surface area contributed by atoms with Crippen molar-refractivity contribution < 1.29 is 12.8 Å². The van der Waals surface area contributed by atoms with Gasteiger partial charge >= 0.3 is 0 Å². The molecule has 0 amide bonds. The van der Waals surface area contributed by atoms with Crippen LogP contribution in [0.25, 0.3) is 0 Å². The fraction of sp³-hybridized carbons (Fsp3) is 0.111. The number of hydrogen-bond donors (Lipinski definition) is 0. The van der Waals surface area contributed by atoms with Crippen LogP contribution in [0.3, 0.4) is 0 Å². The van der Waals surface area contributed by atoms with Gasteiger partial charge in [-0.1, -0.05) is 6.08 Å². The van der Waals surface area contributed by atoms with Crippen molar-refractivity contribution in [3.05, 3.63) is 41.6 Å². The highest BCUT2D eigenvalue weighted by Crippen LogP contribution is 2.12. The van der Waals surface area contributed by atoms with Crippen LogP contribution in [0.1, 0.15) is 6.92 Å². The predicted molar refractivity (Wildman–Crippen MR) is 48.4 cm³/mol. The molecule has 13 heavy (non-hydrogen) atoms. The molecule has 0 N–H and O–H groups in total. The molecule has 2 nitrogen and oxygen atoms in total. The third-order valence-electron chi connectivity index (χ3n) is 1.46. The number of hydrogen-bond acceptors (Lipinski definition) is 2. The van der Waals surface area contributed by atoms with Crippen LogP contribution in [0.2, 0.25) is 0 Å². The van der Waals surface area contributed by atoms with Gasteiger partial charge in [-0.3, -0.25) is 0 Å². The van der Waals surface area contributed by atoms with Gasteiger partial charge in [-0.2, -0.15) is 0 Å². The molecular formula is C9H9FO2S. The van der Waals surface area contributed by atoms with Crippen molar-refractivity contribution in [3.8, 4) is 0 Å². The van der Waals surface area contributed by atoms with E-state index in [1.807, 2.05) is 0 Å². The maximum Gasteiger partial charge on any atom is 0.199 e. The van der Waals surface area contributed by atoms with Crippen molar-refractivity contribution in [1.82, 2.24) is 0 Å². The molecular weight excluding hydrogens is 191 g/mol. The van der Waals surface area contributed by atoms with E-state index in [4.69, 9.17) is 0 Å².